The second-order valence-corrected chi connectivity index (χ2v) is 4.58. The SMILES string of the molecule is Cc1noc(-c2cc3cc(C(F)(F)F)cc(F)c3[nH]c2=O)n1. The van der Waals surface area contributed by atoms with E-state index in [1.807, 2.05) is 0 Å². The number of H-pyrrole nitrogens is 1. The highest BCUT2D eigenvalue weighted by Crippen LogP contribution is 2.32. The molecule has 0 aliphatic heterocycles. The summed E-state index contributed by atoms with van der Waals surface area (Å²) in [6.07, 6.45) is -4.70. The van der Waals surface area contributed by atoms with Gasteiger partial charge in [-0.05, 0) is 25.1 Å². The fraction of sp³-hybridized carbons (Fsp3) is 0.154. The fourth-order valence-electron chi connectivity index (χ4n) is 2.00. The summed E-state index contributed by atoms with van der Waals surface area (Å²) in [6.45, 7) is 1.52. The smallest absolute Gasteiger partial charge is 0.334 e. The number of nitrogens with one attached hydrogen (secondary N) is 1. The molecule has 0 aliphatic carbocycles. The first kappa shape index (κ1) is 14.2. The van der Waals surface area contributed by atoms with Crippen LogP contribution in [0.4, 0.5) is 17.6 Å². The lowest BCUT2D eigenvalue weighted by molar-refractivity contribution is -0.137. The minimum atomic E-state index is -4.70. The minimum absolute atomic E-state index is 0.127. The summed E-state index contributed by atoms with van der Waals surface area (Å²) in [6, 6.07) is 2.15. The van der Waals surface area contributed by atoms with Crippen LogP contribution in [0.25, 0.3) is 22.4 Å². The molecule has 0 saturated carbocycles. The standard InChI is InChI=1S/C13H7F4N3O2/c1-5-18-12(22-20-5)8-3-6-2-7(13(15,16)17)4-9(14)10(6)19-11(8)21/h2-4H,1H3,(H,19,21). The number of benzene rings is 1. The van der Waals surface area contributed by atoms with Gasteiger partial charge in [0.2, 0.25) is 0 Å². The number of aryl methyl sites for hydroxylation is 1. The predicted octanol–water partition coefficient (Wildman–Crippen LogP) is 3.04. The van der Waals surface area contributed by atoms with E-state index in [-0.39, 0.29) is 28.2 Å². The Hall–Kier alpha value is -2.71. The first-order valence-electron chi connectivity index (χ1n) is 6.00. The van der Waals surface area contributed by atoms with Gasteiger partial charge in [-0.15, -0.1) is 0 Å². The number of hydrogen-bond donors (Lipinski definition) is 1. The third kappa shape index (κ3) is 2.34. The Morgan fingerprint density at radius 3 is 2.55 bits per heavy atom. The van der Waals surface area contributed by atoms with Gasteiger partial charge in [0.25, 0.3) is 11.4 Å². The summed E-state index contributed by atoms with van der Waals surface area (Å²) >= 11 is 0. The van der Waals surface area contributed by atoms with Crippen LogP contribution in [0.2, 0.25) is 0 Å². The second kappa shape index (κ2) is 4.65. The maximum atomic E-state index is 13.8. The molecular weight excluding hydrogens is 306 g/mol. The van der Waals surface area contributed by atoms with Gasteiger partial charge in [-0.25, -0.2) is 4.39 Å². The summed E-state index contributed by atoms with van der Waals surface area (Å²) in [5.41, 5.74) is -2.35. The van der Waals surface area contributed by atoms with E-state index in [4.69, 9.17) is 4.52 Å². The van der Waals surface area contributed by atoms with Crippen LogP contribution in [-0.4, -0.2) is 15.1 Å². The van der Waals surface area contributed by atoms with Crippen molar-refractivity contribution >= 4 is 10.9 Å². The van der Waals surface area contributed by atoms with Crippen LogP contribution in [0.15, 0.2) is 27.5 Å². The highest BCUT2D eigenvalue weighted by molar-refractivity contribution is 5.83. The number of aromatic nitrogens is 3. The highest BCUT2D eigenvalue weighted by Gasteiger charge is 2.31. The molecule has 1 aromatic carbocycles. The molecule has 0 fully saturated rings. The van der Waals surface area contributed by atoms with Crippen molar-refractivity contribution in [1.82, 2.24) is 15.1 Å². The molecule has 0 bridgehead atoms. The number of nitrogens with zero attached hydrogens (tertiary/aromatic N) is 2. The van der Waals surface area contributed by atoms with Gasteiger partial charge in [0.15, 0.2) is 5.82 Å². The number of alkyl halides is 3. The van der Waals surface area contributed by atoms with Gasteiger partial charge in [0, 0.05) is 5.39 Å². The van der Waals surface area contributed by atoms with Gasteiger partial charge < -0.3 is 9.51 Å². The molecule has 0 radical (unpaired) electrons. The van der Waals surface area contributed by atoms with E-state index in [1.54, 1.807) is 0 Å². The van der Waals surface area contributed by atoms with Crippen molar-refractivity contribution in [1.29, 1.82) is 0 Å². The lowest BCUT2D eigenvalue weighted by Crippen LogP contribution is -2.11. The van der Waals surface area contributed by atoms with Crippen molar-refractivity contribution in [3.8, 4) is 11.5 Å². The molecule has 9 heteroatoms. The third-order valence-corrected chi connectivity index (χ3v) is 2.99. The predicted molar refractivity (Wildman–Crippen MR) is 67.6 cm³/mol. The number of fused-ring (bicyclic) bond motifs is 1. The van der Waals surface area contributed by atoms with Gasteiger partial charge in [-0.2, -0.15) is 18.2 Å². The monoisotopic (exact) mass is 313 g/mol. The molecule has 0 unspecified atom stereocenters. The zero-order valence-electron chi connectivity index (χ0n) is 11.0. The Kier molecular flexibility index (Phi) is 3.01. The van der Waals surface area contributed by atoms with Crippen LogP contribution in [0.1, 0.15) is 11.4 Å². The Bertz CT molecular complexity index is 927. The molecule has 1 N–H and O–H groups in total. The lowest BCUT2D eigenvalue weighted by Gasteiger charge is -2.09. The maximum absolute atomic E-state index is 13.8. The molecule has 0 amide bonds. The van der Waals surface area contributed by atoms with E-state index in [2.05, 4.69) is 15.1 Å². The first-order valence-corrected chi connectivity index (χ1v) is 6.00. The Morgan fingerprint density at radius 2 is 1.95 bits per heavy atom. The van der Waals surface area contributed by atoms with E-state index in [1.165, 1.54) is 6.92 Å². The number of pyridine rings is 1. The van der Waals surface area contributed by atoms with Crippen LogP contribution in [0, 0.1) is 12.7 Å². The molecule has 3 rings (SSSR count). The van der Waals surface area contributed by atoms with Crippen molar-refractivity contribution in [3.05, 3.63) is 45.8 Å². The summed E-state index contributed by atoms with van der Waals surface area (Å²) in [7, 11) is 0. The van der Waals surface area contributed by atoms with Gasteiger partial charge in [-0.1, -0.05) is 5.16 Å². The average Bonchev–Trinajstić information content (AvgIpc) is 2.84. The molecule has 0 saturated heterocycles. The van der Waals surface area contributed by atoms with Gasteiger partial charge in [0.05, 0.1) is 11.1 Å². The molecule has 2 heterocycles. The van der Waals surface area contributed by atoms with E-state index < -0.39 is 23.1 Å². The van der Waals surface area contributed by atoms with Gasteiger partial charge in [0.1, 0.15) is 11.4 Å². The largest absolute Gasteiger partial charge is 0.416 e. The normalized spacial score (nSPS) is 12.0. The number of halogens is 4. The quantitative estimate of drug-likeness (QED) is 0.701. The Morgan fingerprint density at radius 1 is 1.23 bits per heavy atom. The van der Waals surface area contributed by atoms with Crippen molar-refractivity contribution in [2.45, 2.75) is 13.1 Å². The molecule has 2 aromatic heterocycles. The summed E-state index contributed by atoms with van der Waals surface area (Å²) in [4.78, 5) is 17.9. The van der Waals surface area contributed by atoms with Crippen molar-refractivity contribution in [2.75, 3.05) is 0 Å². The van der Waals surface area contributed by atoms with E-state index in [9.17, 15) is 22.4 Å². The molecular formula is C13H7F4N3O2. The minimum Gasteiger partial charge on any atom is -0.334 e. The molecule has 0 atom stereocenters. The van der Waals surface area contributed by atoms with Crippen molar-refractivity contribution in [3.63, 3.8) is 0 Å². The molecule has 0 spiro atoms. The summed E-state index contributed by atoms with van der Waals surface area (Å²) in [5.74, 6) is -1.07. The zero-order chi connectivity index (χ0) is 16.1. The lowest BCUT2D eigenvalue weighted by atomic mass is 10.1. The van der Waals surface area contributed by atoms with Crippen LogP contribution in [-0.2, 0) is 6.18 Å². The summed E-state index contributed by atoms with van der Waals surface area (Å²) in [5, 5.41) is 3.37. The topological polar surface area (TPSA) is 71.8 Å². The van der Waals surface area contributed by atoms with Crippen LogP contribution < -0.4 is 5.56 Å². The average molecular weight is 313 g/mol. The first-order chi connectivity index (χ1) is 10.3. The third-order valence-electron chi connectivity index (χ3n) is 2.99. The molecule has 22 heavy (non-hydrogen) atoms. The van der Waals surface area contributed by atoms with Crippen molar-refractivity contribution in [2.24, 2.45) is 0 Å². The molecule has 114 valence electrons. The molecule has 3 aromatic rings. The summed E-state index contributed by atoms with van der Waals surface area (Å²) < 4.78 is 56.8. The maximum Gasteiger partial charge on any atom is 0.416 e. The zero-order valence-corrected chi connectivity index (χ0v) is 11.0. The Labute approximate surface area is 119 Å². The second-order valence-electron chi connectivity index (χ2n) is 4.58. The van der Waals surface area contributed by atoms with Gasteiger partial charge >= 0.3 is 6.18 Å². The fourth-order valence-corrected chi connectivity index (χ4v) is 2.00. The number of aromatic amines is 1. The number of rotatable bonds is 1. The van der Waals surface area contributed by atoms with E-state index in [0.29, 0.717) is 6.07 Å². The molecule has 5 nitrogen and oxygen atoms in total. The van der Waals surface area contributed by atoms with Gasteiger partial charge in [-0.3, -0.25) is 4.79 Å². The van der Waals surface area contributed by atoms with Crippen LogP contribution in [0.5, 0.6) is 0 Å². The van der Waals surface area contributed by atoms with E-state index in [0.717, 1.165) is 12.1 Å². The highest BCUT2D eigenvalue weighted by atomic mass is 19.4. The Balaban J connectivity index is 2.29. The van der Waals surface area contributed by atoms with Crippen LogP contribution >= 0.6 is 0 Å². The van der Waals surface area contributed by atoms with Crippen LogP contribution in [0.3, 0.4) is 0 Å². The van der Waals surface area contributed by atoms with E-state index >= 15 is 0 Å². The molecule has 0 aliphatic rings. The van der Waals surface area contributed by atoms with Crippen molar-refractivity contribution < 1.29 is 22.1 Å². The number of hydrogen-bond acceptors (Lipinski definition) is 4.